The Kier molecular flexibility index (Phi) is 4.15. The molecule has 1 unspecified atom stereocenters. The summed E-state index contributed by atoms with van der Waals surface area (Å²) in [7, 11) is 0. The average molecular weight is 394 g/mol. The molecule has 0 fully saturated rings. The lowest BCUT2D eigenvalue weighted by atomic mass is 10.00. The molecule has 0 aliphatic heterocycles. The molecule has 3 rings (SSSR count). The molecule has 1 aromatic heterocycles. The summed E-state index contributed by atoms with van der Waals surface area (Å²) in [4.78, 5) is 20.0. The first-order valence-electron chi connectivity index (χ1n) is 7.42. The van der Waals surface area contributed by atoms with Gasteiger partial charge in [-0.3, -0.25) is 4.79 Å². The maximum Gasteiger partial charge on any atom is 0.264 e. The van der Waals surface area contributed by atoms with Crippen LogP contribution in [0.15, 0.2) is 29.1 Å². The third kappa shape index (κ3) is 2.91. The van der Waals surface area contributed by atoms with Crippen LogP contribution < -0.4 is 5.56 Å². The van der Waals surface area contributed by atoms with Gasteiger partial charge in [0.1, 0.15) is 5.82 Å². The van der Waals surface area contributed by atoms with Crippen LogP contribution in [0.2, 0.25) is 0 Å². The van der Waals surface area contributed by atoms with E-state index in [9.17, 15) is 4.79 Å². The van der Waals surface area contributed by atoms with Crippen LogP contribution in [-0.4, -0.2) is 9.97 Å². The van der Waals surface area contributed by atoms with E-state index in [2.05, 4.69) is 65.7 Å². The number of aromatic amines is 1. The number of nitrogens with one attached hydrogen (secondary N) is 1. The van der Waals surface area contributed by atoms with Crippen molar-refractivity contribution in [3.63, 3.8) is 0 Å². The summed E-state index contributed by atoms with van der Waals surface area (Å²) in [6.45, 7) is 4.31. The lowest BCUT2D eigenvalue weighted by Gasteiger charge is -2.14. The van der Waals surface area contributed by atoms with Gasteiger partial charge in [-0.05, 0) is 58.9 Å². The first-order valence-corrected chi connectivity index (χ1v) is 8.50. The highest BCUT2D eigenvalue weighted by molar-refractivity contribution is 14.1. The highest BCUT2D eigenvalue weighted by Gasteiger charge is 2.26. The molecule has 110 valence electrons. The lowest BCUT2D eigenvalue weighted by molar-refractivity contribution is 0.618. The third-order valence-corrected chi connectivity index (χ3v) is 5.13. The fraction of sp³-hybridized carbons (Fsp3) is 0.412. The molecular weight excluding hydrogens is 375 g/mol. The molecule has 2 aromatic rings. The SMILES string of the molecule is CC(C)Cc1nc(C2CCc3ccccc32)[nH]c(=O)c1I. The predicted octanol–water partition coefficient (Wildman–Crippen LogP) is 3.65. The smallest absolute Gasteiger partial charge is 0.264 e. The number of aryl methyl sites for hydroxylation is 1. The average Bonchev–Trinajstić information content (AvgIpc) is 2.87. The van der Waals surface area contributed by atoms with Crippen molar-refractivity contribution in [1.29, 1.82) is 0 Å². The third-order valence-electron chi connectivity index (χ3n) is 4.01. The lowest BCUT2D eigenvalue weighted by Crippen LogP contribution is -2.21. The number of benzene rings is 1. The van der Waals surface area contributed by atoms with E-state index in [0.29, 0.717) is 5.92 Å². The maximum atomic E-state index is 12.2. The van der Waals surface area contributed by atoms with Gasteiger partial charge in [0.2, 0.25) is 0 Å². The zero-order chi connectivity index (χ0) is 15.0. The number of hydrogen-bond donors (Lipinski definition) is 1. The monoisotopic (exact) mass is 394 g/mol. The van der Waals surface area contributed by atoms with Gasteiger partial charge >= 0.3 is 0 Å². The molecule has 0 saturated heterocycles. The largest absolute Gasteiger partial charge is 0.309 e. The van der Waals surface area contributed by atoms with Crippen LogP contribution in [0.1, 0.15) is 48.8 Å². The fourth-order valence-corrected chi connectivity index (χ4v) is 3.53. The molecule has 1 aliphatic carbocycles. The van der Waals surface area contributed by atoms with E-state index in [0.717, 1.165) is 34.4 Å². The Balaban J connectivity index is 2.04. The van der Waals surface area contributed by atoms with Gasteiger partial charge in [0, 0.05) is 5.92 Å². The number of halogens is 1. The predicted molar refractivity (Wildman–Crippen MR) is 92.7 cm³/mol. The molecule has 21 heavy (non-hydrogen) atoms. The van der Waals surface area contributed by atoms with E-state index in [-0.39, 0.29) is 11.5 Å². The minimum absolute atomic E-state index is 0.000584. The number of aromatic nitrogens is 2. The normalized spacial score (nSPS) is 17.2. The molecule has 0 amide bonds. The summed E-state index contributed by atoms with van der Waals surface area (Å²) in [6.07, 6.45) is 2.95. The Morgan fingerprint density at radius 3 is 2.90 bits per heavy atom. The van der Waals surface area contributed by atoms with Crippen LogP contribution in [-0.2, 0) is 12.8 Å². The van der Waals surface area contributed by atoms with Crippen molar-refractivity contribution in [1.82, 2.24) is 9.97 Å². The summed E-state index contributed by atoms with van der Waals surface area (Å²) in [5, 5.41) is 0. The topological polar surface area (TPSA) is 45.8 Å². The van der Waals surface area contributed by atoms with E-state index < -0.39 is 0 Å². The second kappa shape index (κ2) is 5.91. The van der Waals surface area contributed by atoms with Crippen molar-refractivity contribution in [2.24, 2.45) is 5.92 Å². The Morgan fingerprint density at radius 1 is 1.38 bits per heavy atom. The molecule has 1 N–H and O–H groups in total. The Labute approximate surface area is 138 Å². The van der Waals surface area contributed by atoms with Gasteiger partial charge in [0.15, 0.2) is 0 Å². The molecule has 3 nitrogen and oxygen atoms in total. The van der Waals surface area contributed by atoms with E-state index in [1.165, 1.54) is 11.1 Å². The summed E-state index contributed by atoms with van der Waals surface area (Å²) in [5.74, 6) is 1.56. The van der Waals surface area contributed by atoms with Gasteiger partial charge in [-0.1, -0.05) is 38.1 Å². The van der Waals surface area contributed by atoms with E-state index in [1.807, 2.05) is 0 Å². The van der Waals surface area contributed by atoms with Gasteiger partial charge in [-0.25, -0.2) is 4.98 Å². The standard InChI is InChI=1S/C17H19IN2O/c1-10(2)9-14-15(18)17(21)20-16(19-14)13-8-7-11-5-3-4-6-12(11)13/h3-6,10,13H,7-9H2,1-2H3,(H,19,20,21). The van der Waals surface area contributed by atoms with Gasteiger partial charge < -0.3 is 4.98 Å². The van der Waals surface area contributed by atoms with Crippen molar-refractivity contribution >= 4 is 22.6 Å². The van der Waals surface area contributed by atoms with E-state index in [4.69, 9.17) is 4.98 Å². The molecule has 4 heteroatoms. The van der Waals surface area contributed by atoms with Crippen LogP contribution in [0, 0.1) is 9.49 Å². The van der Waals surface area contributed by atoms with Crippen LogP contribution in [0.4, 0.5) is 0 Å². The Hall–Kier alpha value is -1.17. The molecule has 0 radical (unpaired) electrons. The molecule has 0 bridgehead atoms. The van der Waals surface area contributed by atoms with Crippen LogP contribution in [0.25, 0.3) is 0 Å². The molecule has 1 atom stereocenters. The van der Waals surface area contributed by atoms with Crippen LogP contribution in [0.3, 0.4) is 0 Å². The van der Waals surface area contributed by atoms with E-state index in [1.54, 1.807) is 0 Å². The molecule has 1 aliphatic rings. The highest BCUT2D eigenvalue weighted by atomic mass is 127. The van der Waals surface area contributed by atoms with Crippen molar-refractivity contribution in [2.75, 3.05) is 0 Å². The molecular formula is C17H19IN2O. The summed E-state index contributed by atoms with van der Waals surface area (Å²) >= 11 is 2.11. The number of nitrogens with zero attached hydrogens (tertiary/aromatic N) is 1. The van der Waals surface area contributed by atoms with E-state index >= 15 is 0 Å². The Bertz CT molecular complexity index is 721. The summed E-state index contributed by atoms with van der Waals surface area (Å²) in [6, 6.07) is 8.48. The molecule has 0 saturated carbocycles. The van der Waals surface area contributed by atoms with Crippen molar-refractivity contribution in [3.8, 4) is 0 Å². The van der Waals surface area contributed by atoms with Gasteiger partial charge in [-0.2, -0.15) is 0 Å². The fourth-order valence-electron chi connectivity index (χ4n) is 3.05. The molecule has 1 aromatic carbocycles. The minimum atomic E-state index is 0.000584. The summed E-state index contributed by atoms with van der Waals surface area (Å²) in [5.41, 5.74) is 3.64. The van der Waals surface area contributed by atoms with Crippen LogP contribution >= 0.6 is 22.6 Å². The number of fused-ring (bicyclic) bond motifs is 1. The number of hydrogen-bond acceptors (Lipinski definition) is 2. The first kappa shape index (κ1) is 14.8. The van der Waals surface area contributed by atoms with Crippen LogP contribution in [0.5, 0.6) is 0 Å². The first-order chi connectivity index (χ1) is 10.1. The zero-order valence-corrected chi connectivity index (χ0v) is 14.5. The van der Waals surface area contributed by atoms with Gasteiger partial charge in [0.05, 0.1) is 9.26 Å². The second-order valence-corrected chi connectivity index (χ2v) is 7.18. The quantitative estimate of drug-likeness (QED) is 0.808. The van der Waals surface area contributed by atoms with Crippen molar-refractivity contribution in [3.05, 3.63) is 60.8 Å². The molecule has 1 heterocycles. The summed E-state index contributed by atoms with van der Waals surface area (Å²) < 4.78 is 0.733. The highest BCUT2D eigenvalue weighted by Crippen LogP contribution is 2.36. The minimum Gasteiger partial charge on any atom is -0.309 e. The van der Waals surface area contributed by atoms with Crippen molar-refractivity contribution < 1.29 is 0 Å². The zero-order valence-electron chi connectivity index (χ0n) is 12.3. The number of H-pyrrole nitrogens is 1. The molecule has 0 spiro atoms. The number of rotatable bonds is 3. The second-order valence-electron chi connectivity index (χ2n) is 6.10. The van der Waals surface area contributed by atoms with Gasteiger partial charge in [0.25, 0.3) is 5.56 Å². The van der Waals surface area contributed by atoms with Crippen molar-refractivity contribution in [2.45, 2.75) is 39.0 Å². The van der Waals surface area contributed by atoms with Gasteiger partial charge in [-0.15, -0.1) is 0 Å². The maximum absolute atomic E-state index is 12.2. The Morgan fingerprint density at radius 2 is 2.14 bits per heavy atom.